The van der Waals surface area contributed by atoms with Crippen LogP contribution in [-0.4, -0.2) is 17.9 Å². The second-order valence-corrected chi connectivity index (χ2v) is 7.14. The van der Waals surface area contributed by atoms with Gasteiger partial charge in [-0.25, -0.2) is 0 Å². The molecule has 0 saturated carbocycles. The number of amides is 1. The summed E-state index contributed by atoms with van der Waals surface area (Å²) in [6.45, 7) is 0. The fourth-order valence-corrected chi connectivity index (χ4v) is 3.39. The lowest BCUT2D eigenvalue weighted by molar-refractivity contribution is 0.0991. The highest BCUT2D eigenvalue weighted by Crippen LogP contribution is 2.28. The van der Waals surface area contributed by atoms with Crippen molar-refractivity contribution in [3.05, 3.63) is 96.8 Å². The monoisotopic (exact) mass is 420 g/mol. The van der Waals surface area contributed by atoms with Crippen LogP contribution in [0.25, 0.3) is 0 Å². The molecule has 1 heterocycles. The van der Waals surface area contributed by atoms with E-state index in [-0.39, 0.29) is 22.9 Å². The SMILES string of the molecule is CN(C(=O)c1cc(Cl)c(=O)[nH]c1Cc1c(Cl)cccc1Cl)c1ccccc1. The summed E-state index contributed by atoms with van der Waals surface area (Å²) >= 11 is 18.5. The maximum atomic E-state index is 13.1. The van der Waals surface area contributed by atoms with E-state index in [0.29, 0.717) is 27.0 Å². The Morgan fingerprint density at radius 3 is 2.22 bits per heavy atom. The van der Waals surface area contributed by atoms with E-state index in [2.05, 4.69) is 4.98 Å². The van der Waals surface area contributed by atoms with Gasteiger partial charge in [0.25, 0.3) is 11.5 Å². The van der Waals surface area contributed by atoms with Crippen LogP contribution >= 0.6 is 34.8 Å². The molecule has 0 atom stereocenters. The molecule has 2 aromatic carbocycles. The minimum Gasteiger partial charge on any atom is -0.324 e. The van der Waals surface area contributed by atoms with E-state index < -0.39 is 5.56 Å². The molecule has 1 N–H and O–H groups in total. The number of aromatic nitrogens is 1. The Hall–Kier alpha value is -2.27. The van der Waals surface area contributed by atoms with Crippen LogP contribution in [0.4, 0.5) is 5.69 Å². The minimum atomic E-state index is -0.478. The molecule has 4 nitrogen and oxygen atoms in total. The molecule has 0 aliphatic rings. The summed E-state index contributed by atoms with van der Waals surface area (Å²) in [7, 11) is 1.66. The lowest BCUT2D eigenvalue weighted by Gasteiger charge is -2.19. The number of benzene rings is 2. The molecule has 138 valence electrons. The third-order valence-corrected chi connectivity index (χ3v) is 5.16. The van der Waals surface area contributed by atoms with Crippen LogP contribution in [0.5, 0.6) is 0 Å². The molecule has 0 fully saturated rings. The number of pyridine rings is 1. The van der Waals surface area contributed by atoms with Gasteiger partial charge in [0.1, 0.15) is 5.02 Å². The summed E-state index contributed by atoms with van der Waals surface area (Å²) in [5, 5.41) is 0.843. The number of hydrogen-bond acceptors (Lipinski definition) is 2. The summed E-state index contributed by atoms with van der Waals surface area (Å²) in [4.78, 5) is 29.3. The first-order valence-corrected chi connectivity index (χ1v) is 9.19. The number of carbonyl (C=O) groups excluding carboxylic acids is 1. The standard InChI is InChI=1S/C20H15Cl3N2O2/c1-25(12-6-3-2-4-7-12)20(27)14-10-17(23)19(26)24-18(14)11-13-15(21)8-5-9-16(13)22/h2-10H,11H2,1H3,(H,24,26). The predicted octanol–water partition coefficient (Wildman–Crippen LogP) is 5.20. The third kappa shape index (κ3) is 4.19. The molecule has 0 aliphatic carbocycles. The Balaban J connectivity index is 2.06. The highest BCUT2D eigenvalue weighted by molar-refractivity contribution is 6.36. The number of H-pyrrole nitrogens is 1. The van der Waals surface area contributed by atoms with Crippen LogP contribution in [0.3, 0.4) is 0 Å². The smallest absolute Gasteiger partial charge is 0.266 e. The average molecular weight is 422 g/mol. The van der Waals surface area contributed by atoms with Crippen molar-refractivity contribution in [2.75, 3.05) is 11.9 Å². The summed E-state index contributed by atoms with van der Waals surface area (Å²) in [6, 6.07) is 15.7. The average Bonchev–Trinajstić information content (AvgIpc) is 2.67. The van der Waals surface area contributed by atoms with Crippen LogP contribution < -0.4 is 10.5 Å². The number of carbonyl (C=O) groups is 1. The second kappa shape index (κ2) is 8.17. The Morgan fingerprint density at radius 1 is 0.963 bits per heavy atom. The fourth-order valence-electron chi connectivity index (χ4n) is 2.70. The van der Waals surface area contributed by atoms with Crippen LogP contribution in [-0.2, 0) is 6.42 Å². The zero-order valence-electron chi connectivity index (χ0n) is 14.3. The molecule has 1 aromatic heterocycles. The Morgan fingerprint density at radius 2 is 1.59 bits per heavy atom. The molecule has 7 heteroatoms. The van der Waals surface area contributed by atoms with Crippen molar-refractivity contribution >= 4 is 46.4 Å². The zero-order chi connectivity index (χ0) is 19.6. The summed E-state index contributed by atoms with van der Waals surface area (Å²) in [5.41, 5.74) is 1.53. The van der Waals surface area contributed by atoms with Gasteiger partial charge in [-0.1, -0.05) is 59.1 Å². The van der Waals surface area contributed by atoms with Crippen molar-refractivity contribution in [1.82, 2.24) is 4.98 Å². The minimum absolute atomic E-state index is 0.0613. The largest absolute Gasteiger partial charge is 0.324 e. The molecule has 3 aromatic rings. The number of nitrogens with one attached hydrogen (secondary N) is 1. The molecular formula is C20H15Cl3N2O2. The van der Waals surface area contributed by atoms with Gasteiger partial charge in [0.05, 0.1) is 5.56 Å². The molecule has 3 rings (SSSR count). The van der Waals surface area contributed by atoms with Crippen molar-refractivity contribution in [1.29, 1.82) is 0 Å². The maximum Gasteiger partial charge on any atom is 0.266 e. The van der Waals surface area contributed by atoms with E-state index in [1.807, 2.05) is 30.3 Å². The van der Waals surface area contributed by atoms with Gasteiger partial charge >= 0.3 is 0 Å². The van der Waals surface area contributed by atoms with Gasteiger partial charge in [-0.3, -0.25) is 9.59 Å². The molecular weight excluding hydrogens is 407 g/mol. The van der Waals surface area contributed by atoms with E-state index >= 15 is 0 Å². The molecule has 1 amide bonds. The molecule has 0 radical (unpaired) electrons. The van der Waals surface area contributed by atoms with Crippen molar-refractivity contribution in [3.63, 3.8) is 0 Å². The zero-order valence-corrected chi connectivity index (χ0v) is 16.6. The Kier molecular flexibility index (Phi) is 5.90. The molecule has 0 bridgehead atoms. The Bertz CT molecular complexity index is 1030. The second-order valence-electron chi connectivity index (χ2n) is 5.92. The normalized spacial score (nSPS) is 10.7. The van der Waals surface area contributed by atoms with Gasteiger partial charge in [-0.15, -0.1) is 0 Å². The van der Waals surface area contributed by atoms with Gasteiger partial charge in [-0.2, -0.15) is 0 Å². The van der Waals surface area contributed by atoms with Gasteiger partial charge < -0.3 is 9.88 Å². The van der Waals surface area contributed by atoms with Crippen LogP contribution in [0.1, 0.15) is 21.6 Å². The topological polar surface area (TPSA) is 53.2 Å². The summed E-state index contributed by atoms with van der Waals surface area (Å²) in [5.74, 6) is -0.308. The van der Waals surface area contributed by atoms with Crippen LogP contribution in [0.2, 0.25) is 15.1 Å². The van der Waals surface area contributed by atoms with Crippen LogP contribution in [0.15, 0.2) is 59.4 Å². The van der Waals surface area contributed by atoms with Crippen molar-refractivity contribution in [3.8, 4) is 0 Å². The lowest BCUT2D eigenvalue weighted by atomic mass is 10.0. The van der Waals surface area contributed by atoms with Crippen molar-refractivity contribution in [2.24, 2.45) is 0 Å². The first-order chi connectivity index (χ1) is 12.9. The first-order valence-electron chi connectivity index (χ1n) is 8.06. The van der Waals surface area contributed by atoms with Crippen molar-refractivity contribution in [2.45, 2.75) is 6.42 Å². The predicted molar refractivity (Wildman–Crippen MR) is 111 cm³/mol. The van der Waals surface area contributed by atoms with Crippen molar-refractivity contribution < 1.29 is 4.79 Å². The molecule has 0 unspecified atom stereocenters. The quantitative estimate of drug-likeness (QED) is 0.629. The fraction of sp³-hybridized carbons (Fsp3) is 0.100. The van der Waals surface area contributed by atoms with E-state index in [1.54, 1.807) is 25.2 Å². The highest BCUT2D eigenvalue weighted by Gasteiger charge is 2.21. The van der Waals surface area contributed by atoms with E-state index in [1.165, 1.54) is 11.0 Å². The van der Waals surface area contributed by atoms with Gasteiger partial charge in [0.15, 0.2) is 0 Å². The first kappa shape index (κ1) is 19.5. The molecule has 0 saturated heterocycles. The number of para-hydroxylation sites is 1. The van der Waals surface area contributed by atoms with E-state index in [4.69, 9.17) is 34.8 Å². The maximum absolute atomic E-state index is 13.1. The molecule has 0 aliphatic heterocycles. The highest BCUT2D eigenvalue weighted by atomic mass is 35.5. The number of aromatic amines is 1. The summed E-state index contributed by atoms with van der Waals surface area (Å²) in [6.07, 6.45) is 0.189. The Labute approximate surface area is 171 Å². The van der Waals surface area contributed by atoms with E-state index in [0.717, 1.165) is 0 Å². The lowest BCUT2D eigenvalue weighted by Crippen LogP contribution is -2.29. The number of nitrogens with zero attached hydrogens (tertiary/aromatic N) is 1. The van der Waals surface area contributed by atoms with Crippen LogP contribution in [0, 0.1) is 0 Å². The number of anilines is 1. The molecule has 27 heavy (non-hydrogen) atoms. The summed E-state index contributed by atoms with van der Waals surface area (Å²) < 4.78 is 0. The third-order valence-electron chi connectivity index (χ3n) is 4.17. The van der Waals surface area contributed by atoms with Gasteiger partial charge in [-0.05, 0) is 35.9 Å². The van der Waals surface area contributed by atoms with E-state index in [9.17, 15) is 9.59 Å². The number of hydrogen-bond donors (Lipinski definition) is 1. The number of halogens is 3. The van der Waals surface area contributed by atoms with Gasteiger partial charge in [0.2, 0.25) is 0 Å². The molecule has 0 spiro atoms. The number of rotatable bonds is 4. The van der Waals surface area contributed by atoms with Gasteiger partial charge in [0, 0.05) is 34.9 Å².